The fraction of sp³-hybridized carbons (Fsp3) is 0.462. The molecule has 0 heterocycles. The van der Waals surface area contributed by atoms with Gasteiger partial charge in [0.1, 0.15) is 5.75 Å². The van der Waals surface area contributed by atoms with Gasteiger partial charge in [-0.3, -0.25) is 4.72 Å². The SMILES string of the molecule is COc1ccc2c(c1NS(C)(=O)=O)CCC[C@H]2C#N. The number of nitrogens with zero attached hydrogens (tertiary/aromatic N) is 1. The fourth-order valence-electron chi connectivity index (χ4n) is 2.48. The fourth-order valence-corrected chi connectivity index (χ4v) is 3.07. The molecule has 19 heavy (non-hydrogen) atoms. The van der Waals surface area contributed by atoms with E-state index in [1.807, 2.05) is 6.07 Å². The van der Waals surface area contributed by atoms with Crippen LogP contribution in [-0.4, -0.2) is 21.8 Å². The molecule has 0 unspecified atom stereocenters. The highest BCUT2D eigenvalue weighted by Crippen LogP contribution is 2.40. The maximum absolute atomic E-state index is 11.5. The maximum atomic E-state index is 11.5. The molecule has 0 amide bonds. The smallest absolute Gasteiger partial charge is 0.229 e. The predicted octanol–water partition coefficient (Wildman–Crippen LogP) is 2.01. The monoisotopic (exact) mass is 280 g/mol. The van der Waals surface area contributed by atoms with E-state index >= 15 is 0 Å². The van der Waals surface area contributed by atoms with E-state index < -0.39 is 10.0 Å². The van der Waals surface area contributed by atoms with E-state index in [9.17, 15) is 8.42 Å². The van der Waals surface area contributed by atoms with Gasteiger partial charge in [0.05, 0.1) is 31.0 Å². The van der Waals surface area contributed by atoms with Crippen molar-refractivity contribution in [3.63, 3.8) is 0 Å². The van der Waals surface area contributed by atoms with Crippen molar-refractivity contribution in [2.75, 3.05) is 18.1 Å². The average molecular weight is 280 g/mol. The summed E-state index contributed by atoms with van der Waals surface area (Å²) in [6.45, 7) is 0. The van der Waals surface area contributed by atoms with Gasteiger partial charge in [-0.05, 0) is 36.5 Å². The van der Waals surface area contributed by atoms with Crippen molar-refractivity contribution in [1.29, 1.82) is 5.26 Å². The first-order chi connectivity index (χ1) is 8.96. The summed E-state index contributed by atoms with van der Waals surface area (Å²) in [5, 5.41) is 9.17. The molecule has 0 saturated heterocycles. The molecule has 1 N–H and O–H groups in total. The van der Waals surface area contributed by atoms with Crippen LogP contribution < -0.4 is 9.46 Å². The number of anilines is 1. The van der Waals surface area contributed by atoms with Crippen LogP contribution in [0.15, 0.2) is 12.1 Å². The second-order valence-electron chi connectivity index (χ2n) is 4.66. The van der Waals surface area contributed by atoms with Crippen LogP contribution in [0, 0.1) is 11.3 Å². The Morgan fingerprint density at radius 2 is 2.21 bits per heavy atom. The van der Waals surface area contributed by atoms with Gasteiger partial charge in [0, 0.05) is 0 Å². The summed E-state index contributed by atoms with van der Waals surface area (Å²) in [6, 6.07) is 5.84. The van der Waals surface area contributed by atoms with E-state index in [0.29, 0.717) is 11.4 Å². The van der Waals surface area contributed by atoms with Crippen LogP contribution >= 0.6 is 0 Å². The van der Waals surface area contributed by atoms with Crippen molar-refractivity contribution in [2.24, 2.45) is 0 Å². The van der Waals surface area contributed by atoms with Gasteiger partial charge < -0.3 is 4.74 Å². The lowest BCUT2D eigenvalue weighted by atomic mass is 9.83. The summed E-state index contributed by atoms with van der Waals surface area (Å²) in [5.41, 5.74) is 2.26. The quantitative estimate of drug-likeness (QED) is 0.918. The number of methoxy groups -OCH3 is 1. The van der Waals surface area contributed by atoms with Crippen LogP contribution in [-0.2, 0) is 16.4 Å². The molecule has 1 atom stereocenters. The zero-order valence-electron chi connectivity index (χ0n) is 10.9. The third-order valence-corrected chi connectivity index (χ3v) is 3.84. The van der Waals surface area contributed by atoms with E-state index in [2.05, 4.69) is 10.8 Å². The minimum Gasteiger partial charge on any atom is -0.495 e. The topological polar surface area (TPSA) is 79.2 Å². The molecule has 0 bridgehead atoms. The summed E-state index contributed by atoms with van der Waals surface area (Å²) in [6.07, 6.45) is 3.55. The van der Waals surface area contributed by atoms with E-state index in [4.69, 9.17) is 10.00 Å². The lowest BCUT2D eigenvalue weighted by Gasteiger charge is -2.24. The first kappa shape index (κ1) is 13.7. The van der Waals surface area contributed by atoms with Crippen molar-refractivity contribution >= 4 is 15.7 Å². The van der Waals surface area contributed by atoms with Gasteiger partial charge in [0.15, 0.2) is 0 Å². The van der Waals surface area contributed by atoms with E-state index in [-0.39, 0.29) is 5.92 Å². The molecule has 6 heteroatoms. The highest BCUT2D eigenvalue weighted by atomic mass is 32.2. The van der Waals surface area contributed by atoms with Gasteiger partial charge in [-0.15, -0.1) is 0 Å². The summed E-state index contributed by atoms with van der Waals surface area (Å²) in [4.78, 5) is 0. The zero-order valence-corrected chi connectivity index (χ0v) is 11.8. The van der Waals surface area contributed by atoms with Gasteiger partial charge in [-0.25, -0.2) is 8.42 Å². The molecule has 1 aromatic carbocycles. The molecule has 0 radical (unpaired) electrons. The summed E-state index contributed by atoms with van der Waals surface area (Å²) < 4.78 is 30.7. The molecule has 0 fully saturated rings. The summed E-state index contributed by atoms with van der Waals surface area (Å²) >= 11 is 0. The molecule has 0 aromatic heterocycles. The Hall–Kier alpha value is -1.74. The Bertz CT molecular complexity index is 632. The Morgan fingerprint density at radius 3 is 2.79 bits per heavy atom. The van der Waals surface area contributed by atoms with Gasteiger partial charge in [0.25, 0.3) is 0 Å². The van der Waals surface area contributed by atoms with Gasteiger partial charge in [-0.2, -0.15) is 5.26 Å². The average Bonchev–Trinajstić information content (AvgIpc) is 2.36. The van der Waals surface area contributed by atoms with Crippen LogP contribution in [0.3, 0.4) is 0 Å². The molecular formula is C13H16N2O3S. The van der Waals surface area contributed by atoms with Gasteiger partial charge in [0.2, 0.25) is 10.0 Å². The van der Waals surface area contributed by atoms with Crippen molar-refractivity contribution in [1.82, 2.24) is 0 Å². The van der Waals surface area contributed by atoms with Crippen LogP contribution in [0.2, 0.25) is 0 Å². The zero-order chi connectivity index (χ0) is 14.0. The standard InChI is InChI=1S/C13H16N2O3S/c1-18-12-7-6-10-9(8-14)4-3-5-11(10)13(12)15-19(2,16)17/h6-7,9,15H,3-5H2,1-2H3/t9-/m0/s1. The first-order valence-corrected chi connectivity index (χ1v) is 7.92. The molecule has 0 spiro atoms. The Labute approximate surface area is 113 Å². The molecule has 102 valence electrons. The van der Waals surface area contributed by atoms with Gasteiger partial charge in [-0.1, -0.05) is 6.07 Å². The van der Waals surface area contributed by atoms with Gasteiger partial charge >= 0.3 is 0 Å². The van der Waals surface area contributed by atoms with Crippen molar-refractivity contribution in [3.05, 3.63) is 23.3 Å². The number of benzene rings is 1. The minimum absolute atomic E-state index is 0.172. The molecule has 5 nitrogen and oxygen atoms in total. The molecule has 1 aliphatic rings. The van der Waals surface area contributed by atoms with Crippen LogP contribution in [0.5, 0.6) is 5.75 Å². The number of nitrogens with one attached hydrogen (secondary N) is 1. The normalized spacial score (nSPS) is 18.3. The first-order valence-electron chi connectivity index (χ1n) is 6.03. The predicted molar refractivity (Wildman–Crippen MR) is 72.8 cm³/mol. The van der Waals surface area contributed by atoms with Crippen LogP contribution in [0.1, 0.15) is 29.9 Å². The largest absolute Gasteiger partial charge is 0.495 e. The number of nitriles is 1. The lowest BCUT2D eigenvalue weighted by Crippen LogP contribution is -2.16. The molecule has 0 aliphatic heterocycles. The highest BCUT2D eigenvalue weighted by molar-refractivity contribution is 7.92. The molecule has 1 aliphatic carbocycles. The lowest BCUT2D eigenvalue weighted by molar-refractivity contribution is 0.415. The second-order valence-corrected chi connectivity index (χ2v) is 6.41. The van der Waals surface area contributed by atoms with Crippen molar-refractivity contribution in [3.8, 4) is 11.8 Å². The third kappa shape index (κ3) is 2.82. The summed E-state index contributed by atoms with van der Waals surface area (Å²) in [5.74, 6) is 0.317. The molecule has 0 saturated carbocycles. The second kappa shape index (κ2) is 5.10. The van der Waals surface area contributed by atoms with E-state index in [1.165, 1.54) is 7.11 Å². The Balaban J connectivity index is 2.59. The molecule has 2 rings (SSSR count). The van der Waals surface area contributed by atoms with E-state index in [0.717, 1.165) is 36.6 Å². The number of ether oxygens (including phenoxy) is 1. The van der Waals surface area contributed by atoms with Crippen LogP contribution in [0.4, 0.5) is 5.69 Å². The number of rotatable bonds is 3. The molecule has 1 aromatic rings. The summed E-state index contributed by atoms with van der Waals surface area (Å²) in [7, 11) is -1.88. The Kier molecular flexibility index (Phi) is 3.67. The third-order valence-electron chi connectivity index (χ3n) is 3.27. The van der Waals surface area contributed by atoms with Crippen molar-refractivity contribution < 1.29 is 13.2 Å². The number of fused-ring (bicyclic) bond motifs is 1. The van der Waals surface area contributed by atoms with Crippen molar-refractivity contribution in [2.45, 2.75) is 25.2 Å². The highest BCUT2D eigenvalue weighted by Gasteiger charge is 2.25. The van der Waals surface area contributed by atoms with E-state index in [1.54, 1.807) is 6.07 Å². The molecular weight excluding hydrogens is 264 g/mol. The minimum atomic E-state index is -3.38. The number of hydrogen-bond acceptors (Lipinski definition) is 4. The Morgan fingerprint density at radius 1 is 1.47 bits per heavy atom. The van der Waals surface area contributed by atoms with Crippen LogP contribution in [0.25, 0.3) is 0 Å². The number of sulfonamides is 1. The maximum Gasteiger partial charge on any atom is 0.229 e. The number of hydrogen-bond donors (Lipinski definition) is 1.